The first-order valence-electron chi connectivity index (χ1n) is 18.6. The molecule has 0 aliphatic heterocycles. The number of benzene rings is 6. The molecule has 1 spiro atoms. The lowest BCUT2D eigenvalue weighted by atomic mass is 9.47. The predicted molar refractivity (Wildman–Crippen MR) is 215 cm³/mol. The minimum atomic E-state index is 0.124. The Bertz CT molecular complexity index is 2560. The maximum Gasteiger partial charge on any atom is 0.0543 e. The van der Waals surface area contributed by atoms with Crippen molar-refractivity contribution in [2.45, 2.75) is 43.9 Å². The Morgan fingerprint density at radius 1 is 0.520 bits per heavy atom. The van der Waals surface area contributed by atoms with Crippen molar-refractivity contribution in [3.63, 3.8) is 0 Å². The summed E-state index contributed by atoms with van der Waals surface area (Å²) in [6, 6.07) is 49.0. The summed E-state index contributed by atoms with van der Waals surface area (Å²) in [4.78, 5) is 2.60. The van der Waals surface area contributed by atoms with E-state index in [2.05, 4.69) is 132 Å². The fraction of sp³-hybridized carbons (Fsp3) is 0.234. The summed E-state index contributed by atoms with van der Waals surface area (Å²) in [6.45, 7) is 0. The second-order valence-corrected chi connectivity index (χ2v) is 17.8. The smallest absolute Gasteiger partial charge is 0.0543 e. The summed E-state index contributed by atoms with van der Waals surface area (Å²) in [5, 5.41) is 5.40. The molecule has 8 aromatic rings. The zero-order chi connectivity index (χ0) is 32.6. The van der Waals surface area contributed by atoms with Crippen molar-refractivity contribution in [2.75, 3.05) is 4.90 Å². The molecule has 4 aliphatic carbocycles. The molecule has 242 valence electrons. The fourth-order valence-corrected chi connectivity index (χ4v) is 13.7. The van der Waals surface area contributed by atoms with Crippen molar-refractivity contribution in [3.8, 4) is 11.1 Å². The van der Waals surface area contributed by atoms with Crippen molar-refractivity contribution in [1.82, 2.24) is 0 Å². The quantitative estimate of drug-likeness (QED) is 0.180. The number of thiophene rings is 2. The van der Waals surface area contributed by atoms with Gasteiger partial charge in [0.2, 0.25) is 0 Å². The minimum Gasteiger partial charge on any atom is -0.310 e. The van der Waals surface area contributed by atoms with Crippen LogP contribution in [0.1, 0.15) is 49.7 Å². The van der Waals surface area contributed by atoms with Gasteiger partial charge in [-0.2, -0.15) is 0 Å². The van der Waals surface area contributed by atoms with Crippen LogP contribution in [0.15, 0.2) is 127 Å². The number of nitrogens with zero attached hydrogens (tertiary/aromatic N) is 1. The molecule has 3 heteroatoms. The molecule has 50 heavy (non-hydrogen) atoms. The Labute approximate surface area is 300 Å². The van der Waals surface area contributed by atoms with Gasteiger partial charge in [0.25, 0.3) is 0 Å². The van der Waals surface area contributed by atoms with Crippen molar-refractivity contribution in [3.05, 3.63) is 139 Å². The zero-order valence-electron chi connectivity index (χ0n) is 27.9. The van der Waals surface area contributed by atoms with Crippen LogP contribution in [-0.2, 0) is 5.41 Å². The number of hydrogen-bond donors (Lipinski definition) is 0. The third-order valence-corrected chi connectivity index (χ3v) is 15.7. The van der Waals surface area contributed by atoms with E-state index < -0.39 is 0 Å². The zero-order valence-corrected chi connectivity index (χ0v) is 29.6. The van der Waals surface area contributed by atoms with E-state index in [9.17, 15) is 0 Å². The van der Waals surface area contributed by atoms with Crippen LogP contribution in [-0.4, -0.2) is 0 Å². The van der Waals surface area contributed by atoms with E-state index in [1.807, 2.05) is 22.7 Å². The van der Waals surface area contributed by atoms with Gasteiger partial charge in [-0.15, -0.1) is 22.7 Å². The summed E-state index contributed by atoms with van der Waals surface area (Å²) < 4.78 is 5.40. The Kier molecular flexibility index (Phi) is 5.83. The van der Waals surface area contributed by atoms with Gasteiger partial charge in [-0.1, -0.05) is 91.3 Å². The summed E-state index contributed by atoms with van der Waals surface area (Å²) in [5.74, 6) is 3.45. The second kappa shape index (κ2) is 10.3. The first kappa shape index (κ1) is 28.3. The Morgan fingerprint density at radius 3 is 1.90 bits per heavy atom. The van der Waals surface area contributed by atoms with Gasteiger partial charge < -0.3 is 4.90 Å². The van der Waals surface area contributed by atoms with Crippen molar-refractivity contribution in [2.24, 2.45) is 23.7 Å². The Morgan fingerprint density at radius 2 is 1.16 bits per heavy atom. The van der Waals surface area contributed by atoms with Gasteiger partial charge in [-0.3, -0.25) is 0 Å². The van der Waals surface area contributed by atoms with Crippen molar-refractivity contribution < 1.29 is 0 Å². The summed E-state index contributed by atoms with van der Waals surface area (Å²) in [6.07, 6.45) is 8.50. The Hall–Kier alpha value is -4.44. The third kappa shape index (κ3) is 3.78. The third-order valence-electron chi connectivity index (χ3n) is 13.4. The first-order valence-corrected chi connectivity index (χ1v) is 20.2. The highest BCUT2D eigenvalue weighted by atomic mass is 32.1. The van der Waals surface area contributed by atoms with E-state index in [1.54, 1.807) is 11.1 Å². The van der Waals surface area contributed by atoms with E-state index in [-0.39, 0.29) is 5.41 Å². The van der Waals surface area contributed by atoms with Gasteiger partial charge in [0, 0.05) is 62.7 Å². The summed E-state index contributed by atoms with van der Waals surface area (Å²) in [7, 11) is 0. The molecule has 0 amide bonds. The highest BCUT2D eigenvalue weighted by molar-refractivity contribution is 7.26. The monoisotopic (exact) mass is 679 g/mol. The molecule has 1 nitrogen and oxygen atoms in total. The normalized spacial score (nSPS) is 24.8. The lowest BCUT2D eigenvalue weighted by molar-refractivity contribution is -0.0103. The molecular weight excluding hydrogens is 643 g/mol. The Balaban J connectivity index is 1.12. The number of hydrogen-bond acceptors (Lipinski definition) is 3. The predicted octanol–water partition coefficient (Wildman–Crippen LogP) is 14.0. The van der Waals surface area contributed by atoms with Gasteiger partial charge >= 0.3 is 0 Å². The average molecular weight is 680 g/mol. The first-order chi connectivity index (χ1) is 24.7. The summed E-state index contributed by atoms with van der Waals surface area (Å²) >= 11 is 3.83. The molecule has 0 N–H and O–H groups in total. The van der Waals surface area contributed by atoms with E-state index in [0.29, 0.717) is 0 Å². The molecule has 5 unspecified atom stereocenters. The van der Waals surface area contributed by atoms with Gasteiger partial charge in [0.1, 0.15) is 0 Å². The topological polar surface area (TPSA) is 3.24 Å². The number of rotatable bonds is 3. The highest BCUT2D eigenvalue weighted by Gasteiger charge is 2.57. The minimum absolute atomic E-state index is 0.124. The molecule has 2 heterocycles. The number of fused-ring (bicyclic) bond motifs is 14. The van der Waals surface area contributed by atoms with E-state index in [1.165, 1.54) is 107 Å². The highest BCUT2D eigenvalue weighted by Crippen LogP contribution is 2.67. The van der Waals surface area contributed by atoms with E-state index in [0.717, 1.165) is 23.7 Å². The fourth-order valence-electron chi connectivity index (χ4n) is 11.5. The van der Waals surface area contributed by atoms with Gasteiger partial charge in [-0.25, -0.2) is 0 Å². The molecule has 3 saturated carbocycles. The van der Waals surface area contributed by atoms with Crippen molar-refractivity contribution in [1.29, 1.82) is 0 Å². The lowest BCUT2D eigenvalue weighted by Gasteiger charge is -2.57. The van der Waals surface area contributed by atoms with Crippen molar-refractivity contribution >= 4 is 80.1 Å². The molecular formula is C47H37NS2. The van der Waals surface area contributed by atoms with Gasteiger partial charge in [0.05, 0.1) is 5.69 Å². The molecule has 6 aromatic carbocycles. The second-order valence-electron chi connectivity index (χ2n) is 15.7. The SMILES string of the molecule is c1ccc2c(c1)-c1c(N(c3ccc4c(c3)sc3ccccc34)c3ccc4c(c3)sc3ccccc34)cccc1C21CC2CCC3CC2CC1C3. The van der Waals surface area contributed by atoms with Crippen LogP contribution in [0.4, 0.5) is 17.1 Å². The molecule has 2 aromatic heterocycles. The number of anilines is 3. The van der Waals surface area contributed by atoms with Crippen LogP contribution < -0.4 is 4.90 Å². The molecule has 12 rings (SSSR count). The molecule has 5 atom stereocenters. The average Bonchev–Trinajstić information content (AvgIpc) is 3.81. The van der Waals surface area contributed by atoms with Crippen LogP contribution in [0.25, 0.3) is 51.5 Å². The molecule has 4 aliphatic rings. The van der Waals surface area contributed by atoms with Crippen LogP contribution >= 0.6 is 22.7 Å². The molecule has 3 fully saturated rings. The van der Waals surface area contributed by atoms with E-state index in [4.69, 9.17) is 0 Å². The maximum atomic E-state index is 2.60. The molecule has 3 bridgehead atoms. The molecule has 0 radical (unpaired) electrons. The van der Waals surface area contributed by atoms with Crippen LogP contribution in [0, 0.1) is 23.7 Å². The van der Waals surface area contributed by atoms with Crippen LogP contribution in [0.3, 0.4) is 0 Å². The van der Waals surface area contributed by atoms with Gasteiger partial charge in [0.15, 0.2) is 0 Å². The van der Waals surface area contributed by atoms with Crippen LogP contribution in [0.5, 0.6) is 0 Å². The maximum absolute atomic E-state index is 2.60. The molecule has 0 saturated heterocycles. The largest absolute Gasteiger partial charge is 0.310 e. The van der Waals surface area contributed by atoms with Gasteiger partial charge in [-0.05, 0) is 115 Å². The standard InChI is InChI=1S/C47H37NS2/c1-4-11-39-38(10-1)46-40(47(39)27-29-17-16-28-22-30(29)24-31(47)23-28)12-7-13-41(46)48(32-18-20-36-34-8-2-5-14-42(34)49-44(36)25-32)33-19-21-37-35-9-3-6-15-43(35)50-45(37)26-33/h1-15,18-21,25-26,28-31H,16-17,22-24,27H2. The summed E-state index contributed by atoms with van der Waals surface area (Å²) in [5.41, 5.74) is 10.1. The lowest BCUT2D eigenvalue weighted by Crippen LogP contribution is -2.50. The van der Waals surface area contributed by atoms with E-state index >= 15 is 0 Å². The van der Waals surface area contributed by atoms with Crippen LogP contribution in [0.2, 0.25) is 0 Å².